The number of hydrogen-bond donors (Lipinski definition) is 1. The molecular weight excluding hydrogens is 100 g/mol. The zero-order valence-electron chi connectivity index (χ0n) is 6.07. The van der Waals surface area contributed by atoms with E-state index in [2.05, 4.69) is 6.58 Å². The number of aliphatic hydroxyl groups is 1. The Labute approximate surface area is 52.0 Å². The lowest BCUT2D eigenvalue weighted by atomic mass is 10.4. The van der Waals surface area contributed by atoms with E-state index in [0.717, 1.165) is 6.42 Å². The lowest BCUT2D eigenvalue weighted by molar-refractivity contribution is 0.295. The molecule has 0 amide bonds. The molecule has 0 atom stereocenters. The molecule has 0 saturated heterocycles. The van der Waals surface area contributed by atoms with Crippen LogP contribution in [0.1, 0.15) is 27.2 Å². The van der Waals surface area contributed by atoms with E-state index in [1.165, 1.54) is 5.57 Å². The molecule has 0 heterocycles. The zero-order chi connectivity index (χ0) is 6.99. The summed E-state index contributed by atoms with van der Waals surface area (Å²) in [4.78, 5) is 0. The molecule has 0 spiro atoms. The standard InChI is InChI=1S/C4H8.C3H8O/c1-4(2)3;1-2-3-4/h1H2,2-3H3;4H,2-3H2,1H3. The van der Waals surface area contributed by atoms with Gasteiger partial charge in [0.05, 0.1) is 0 Å². The molecule has 1 heteroatoms. The van der Waals surface area contributed by atoms with Crippen molar-refractivity contribution in [3.05, 3.63) is 12.2 Å². The van der Waals surface area contributed by atoms with Crippen molar-refractivity contribution in [3.63, 3.8) is 0 Å². The second-order valence-electron chi connectivity index (χ2n) is 1.93. The summed E-state index contributed by atoms with van der Waals surface area (Å²) in [5, 5.41) is 7.88. The average Bonchev–Trinajstić information content (AvgIpc) is 1.65. The van der Waals surface area contributed by atoms with Crippen LogP contribution in [0.3, 0.4) is 0 Å². The van der Waals surface area contributed by atoms with Crippen molar-refractivity contribution in [1.82, 2.24) is 0 Å². The Morgan fingerprint density at radius 1 is 1.50 bits per heavy atom. The molecule has 0 aliphatic carbocycles. The normalized spacial score (nSPS) is 7.00. The predicted molar refractivity (Wildman–Crippen MR) is 37.9 cm³/mol. The van der Waals surface area contributed by atoms with E-state index in [9.17, 15) is 0 Å². The minimum atomic E-state index is 0.319. The van der Waals surface area contributed by atoms with Gasteiger partial charge < -0.3 is 5.11 Å². The molecule has 0 aromatic rings. The van der Waals surface area contributed by atoms with E-state index in [1.54, 1.807) is 0 Å². The maximum atomic E-state index is 7.88. The Morgan fingerprint density at radius 3 is 1.62 bits per heavy atom. The summed E-state index contributed by atoms with van der Waals surface area (Å²) >= 11 is 0. The number of hydrogen-bond acceptors (Lipinski definition) is 1. The maximum absolute atomic E-state index is 7.88. The molecule has 8 heavy (non-hydrogen) atoms. The van der Waals surface area contributed by atoms with Crippen molar-refractivity contribution in [2.24, 2.45) is 0 Å². The van der Waals surface area contributed by atoms with Gasteiger partial charge in [-0.1, -0.05) is 12.5 Å². The second-order valence-corrected chi connectivity index (χ2v) is 1.93. The minimum absolute atomic E-state index is 0.319. The van der Waals surface area contributed by atoms with Gasteiger partial charge in [-0.2, -0.15) is 0 Å². The van der Waals surface area contributed by atoms with Crippen molar-refractivity contribution < 1.29 is 5.11 Å². The van der Waals surface area contributed by atoms with Crippen molar-refractivity contribution in [3.8, 4) is 0 Å². The van der Waals surface area contributed by atoms with Crippen molar-refractivity contribution in [1.29, 1.82) is 0 Å². The third-order valence-electron chi connectivity index (χ3n) is 0.224. The molecule has 0 aromatic heterocycles. The lowest BCUT2D eigenvalue weighted by Gasteiger charge is -1.69. The van der Waals surface area contributed by atoms with Gasteiger partial charge in [-0.25, -0.2) is 0 Å². The van der Waals surface area contributed by atoms with Crippen LogP contribution in [-0.2, 0) is 0 Å². The van der Waals surface area contributed by atoms with Crippen LogP contribution in [0.2, 0.25) is 0 Å². The SMILES string of the molecule is C=C(C)C.CCCO. The highest BCUT2D eigenvalue weighted by Gasteiger charge is 1.57. The fourth-order valence-corrected chi connectivity index (χ4v) is 0. The van der Waals surface area contributed by atoms with Gasteiger partial charge in [0.1, 0.15) is 0 Å². The first-order chi connectivity index (χ1) is 3.65. The quantitative estimate of drug-likeness (QED) is 0.519. The number of allylic oxidation sites excluding steroid dienone is 1. The van der Waals surface area contributed by atoms with Crippen LogP contribution in [0.15, 0.2) is 12.2 Å². The summed E-state index contributed by atoms with van der Waals surface area (Å²) in [5.74, 6) is 0. The third-order valence-corrected chi connectivity index (χ3v) is 0.224. The fraction of sp³-hybridized carbons (Fsp3) is 0.714. The molecular formula is C7H16O. The maximum Gasteiger partial charge on any atom is 0.0428 e. The van der Waals surface area contributed by atoms with Gasteiger partial charge in [0.25, 0.3) is 0 Å². The molecule has 0 bridgehead atoms. The highest BCUT2D eigenvalue weighted by Crippen LogP contribution is 1.73. The predicted octanol–water partition coefficient (Wildman–Crippen LogP) is 1.97. The van der Waals surface area contributed by atoms with E-state index in [4.69, 9.17) is 5.11 Å². The summed E-state index contributed by atoms with van der Waals surface area (Å²) in [6.07, 6.45) is 0.875. The fourth-order valence-electron chi connectivity index (χ4n) is 0. The largest absolute Gasteiger partial charge is 0.396 e. The molecule has 0 aromatic carbocycles. The number of aliphatic hydroxyl groups excluding tert-OH is 1. The van der Waals surface area contributed by atoms with Crippen molar-refractivity contribution >= 4 is 0 Å². The molecule has 0 fully saturated rings. The van der Waals surface area contributed by atoms with Crippen molar-refractivity contribution in [2.75, 3.05) is 6.61 Å². The Balaban J connectivity index is 0. The van der Waals surface area contributed by atoms with Crippen LogP contribution >= 0.6 is 0 Å². The van der Waals surface area contributed by atoms with E-state index in [1.807, 2.05) is 20.8 Å². The Kier molecular flexibility index (Phi) is 13.1. The topological polar surface area (TPSA) is 20.2 Å². The van der Waals surface area contributed by atoms with Gasteiger partial charge in [-0.3, -0.25) is 0 Å². The first-order valence-corrected chi connectivity index (χ1v) is 2.88. The summed E-state index contributed by atoms with van der Waals surface area (Å²) in [6, 6.07) is 0. The van der Waals surface area contributed by atoms with Gasteiger partial charge >= 0.3 is 0 Å². The number of rotatable bonds is 1. The molecule has 0 unspecified atom stereocenters. The molecule has 1 nitrogen and oxygen atoms in total. The van der Waals surface area contributed by atoms with Gasteiger partial charge in [-0.05, 0) is 20.3 Å². The minimum Gasteiger partial charge on any atom is -0.396 e. The summed E-state index contributed by atoms with van der Waals surface area (Å²) in [7, 11) is 0. The Bertz CT molecular complexity index is 42.3. The monoisotopic (exact) mass is 116 g/mol. The third kappa shape index (κ3) is 257. The van der Waals surface area contributed by atoms with E-state index in [0.29, 0.717) is 6.61 Å². The smallest absolute Gasteiger partial charge is 0.0428 e. The molecule has 50 valence electrons. The molecule has 0 radical (unpaired) electrons. The Morgan fingerprint density at radius 2 is 1.62 bits per heavy atom. The molecule has 0 aliphatic rings. The van der Waals surface area contributed by atoms with Crippen LogP contribution in [-0.4, -0.2) is 11.7 Å². The van der Waals surface area contributed by atoms with Crippen LogP contribution in [0, 0.1) is 0 Å². The van der Waals surface area contributed by atoms with Crippen LogP contribution in [0.25, 0.3) is 0 Å². The molecule has 0 rings (SSSR count). The second kappa shape index (κ2) is 9.85. The first kappa shape index (κ1) is 10.6. The van der Waals surface area contributed by atoms with Crippen molar-refractivity contribution in [2.45, 2.75) is 27.2 Å². The first-order valence-electron chi connectivity index (χ1n) is 2.88. The summed E-state index contributed by atoms with van der Waals surface area (Å²) in [5.41, 5.74) is 1.17. The van der Waals surface area contributed by atoms with Crippen LogP contribution < -0.4 is 0 Å². The van der Waals surface area contributed by atoms with Gasteiger partial charge in [-0.15, -0.1) is 6.58 Å². The highest BCUT2D eigenvalue weighted by molar-refractivity contribution is 4.78. The summed E-state index contributed by atoms with van der Waals surface area (Å²) in [6.45, 7) is 9.75. The van der Waals surface area contributed by atoms with Gasteiger partial charge in [0.2, 0.25) is 0 Å². The lowest BCUT2D eigenvalue weighted by Crippen LogP contribution is -1.69. The van der Waals surface area contributed by atoms with Gasteiger partial charge in [0, 0.05) is 6.61 Å². The molecule has 1 N–H and O–H groups in total. The molecule has 0 aliphatic heterocycles. The Hall–Kier alpha value is -0.300. The summed E-state index contributed by atoms with van der Waals surface area (Å²) < 4.78 is 0. The van der Waals surface area contributed by atoms with E-state index >= 15 is 0 Å². The van der Waals surface area contributed by atoms with E-state index < -0.39 is 0 Å². The van der Waals surface area contributed by atoms with Crippen LogP contribution in [0.5, 0.6) is 0 Å². The average molecular weight is 116 g/mol. The molecule has 0 saturated carbocycles. The van der Waals surface area contributed by atoms with Crippen LogP contribution in [0.4, 0.5) is 0 Å². The highest BCUT2D eigenvalue weighted by atomic mass is 16.2. The van der Waals surface area contributed by atoms with Gasteiger partial charge in [0.15, 0.2) is 0 Å². The zero-order valence-corrected chi connectivity index (χ0v) is 6.07. The van der Waals surface area contributed by atoms with E-state index in [-0.39, 0.29) is 0 Å².